The topological polar surface area (TPSA) is 69.6 Å². The Balaban J connectivity index is 2.57. The third-order valence-electron chi connectivity index (χ3n) is 2.08. The van der Waals surface area contributed by atoms with E-state index in [-0.39, 0.29) is 5.69 Å². The molecule has 0 saturated carbocycles. The highest BCUT2D eigenvalue weighted by molar-refractivity contribution is 5.52. The van der Waals surface area contributed by atoms with Crippen molar-refractivity contribution >= 4 is 5.95 Å². The number of anilines is 1. The quantitative estimate of drug-likeness (QED) is 0.823. The molecule has 0 aliphatic rings. The molecule has 0 aliphatic heterocycles. The number of nitrogens with zero attached hydrogens (tertiary/aromatic N) is 4. The van der Waals surface area contributed by atoms with Crippen molar-refractivity contribution in [2.45, 2.75) is 6.18 Å². The third kappa shape index (κ3) is 2.19. The van der Waals surface area contributed by atoms with Crippen molar-refractivity contribution in [2.75, 3.05) is 5.73 Å². The van der Waals surface area contributed by atoms with E-state index >= 15 is 0 Å². The van der Waals surface area contributed by atoms with Gasteiger partial charge in [0.05, 0.1) is 0 Å². The summed E-state index contributed by atoms with van der Waals surface area (Å²) in [5.41, 5.74) is 4.21. The maximum Gasteiger partial charge on any atom is 0.433 e. The Hall–Kier alpha value is -2.12. The molecule has 17 heavy (non-hydrogen) atoms. The van der Waals surface area contributed by atoms with Gasteiger partial charge in [0, 0.05) is 19.4 Å². The monoisotopic (exact) mass is 243 g/mol. The summed E-state index contributed by atoms with van der Waals surface area (Å²) in [7, 11) is 1.65. The minimum atomic E-state index is -4.56. The summed E-state index contributed by atoms with van der Waals surface area (Å²) < 4.78 is 39.1. The highest BCUT2D eigenvalue weighted by Crippen LogP contribution is 2.30. The van der Waals surface area contributed by atoms with Crippen LogP contribution in [0.2, 0.25) is 0 Å². The molecule has 0 spiro atoms. The average molecular weight is 243 g/mol. The first kappa shape index (κ1) is 11.4. The fourth-order valence-electron chi connectivity index (χ4n) is 1.34. The summed E-state index contributed by atoms with van der Waals surface area (Å²) in [4.78, 5) is 10.8. The number of alkyl halides is 3. The molecule has 8 heteroatoms. The second kappa shape index (κ2) is 3.72. The molecule has 2 aromatic rings. The number of aromatic nitrogens is 4. The summed E-state index contributed by atoms with van der Waals surface area (Å²) in [6, 6.07) is 0.818. The summed E-state index contributed by atoms with van der Waals surface area (Å²) in [5.74, 6) is -0.137. The minimum Gasteiger partial charge on any atom is -0.368 e. The molecule has 0 aromatic carbocycles. The Morgan fingerprint density at radius 1 is 1.29 bits per heavy atom. The van der Waals surface area contributed by atoms with Crippen LogP contribution in [0.5, 0.6) is 0 Å². The van der Waals surface area contributed by atoms with Crippen molar-refractivity contribution in [3.05, 3.63) is 24.2 Å². The number of hydrogen-bond acceptors (Lipinski definition) is 4. The average Bonchev–Trinajstić information content (AvgIpc) is 2.62. The zero-order valence-electron chi connectivity index (χ0n) is 8.73. The van der Waals surface area contributed by atoms with Gasteiger partial charge in [0.1, 0.15) is 5.69 Å². The van der Waals surface area contributed by atoms with Crippen molar-refractivity contribution in [1.82, 2.24) is 19.5 Å². The number of nitrogens with two attached hydrogens (primary N) is 1. The number of nitrogen functional groups attached to an aromatic ring is 1. The number of halogens is 3. The predicted octanol–water partition coefficient (Wildman–Crippen LogP) is 1.48. The number of aryl methyl sites for hydroxylation is 1. The van der Waals surface area contributed by atoms with Gasteiger partial charge in [-0.2, -0.15) is 13.2 Å². The van der Waals surface area contributed by atoms with E-state index in [1.165, 1.54) is 6.20 Å². The van der Waals surface area contributed by atoms with E-state index in [9.17, 15) is 13.2 Å². The van der Waals surface area contributed by atoms with E-state index < -0.39 is 17.8 Å². The molecule has 0 amide bonds. The molecule has 2 aromatic heterocycles. The molecule has 2 N–H and O–H groups in total. The summed E-state index contributed by atoms with van der Waals surface area (Å²) in [5, 5.41) is 0. The third-order valence-corrected chi connectivity index (χ3v) is 2.08. The maximum atomic E-state index is 12.5. The van der Waals surface area contributed by atoms with Gasteiger partial charge in [0.15, 0.2) is 11.5 Å². The van der Waals surface area contributed by atoms with Gasteiger partial charge in [-0.1, -0.05) is 0 Å². The SMILES string of the molecule is Cn1ccnc1-c1cc(C(F)(F)F)nc(N)n1. The van der Waals surface area contributed by atoms with Gasteiger partial charge in [-0.15, -0.1) is 0 Å². The van der Waals surface area contributed by atoms with Crippen LogP contribution in [-0.4, -0.2) is 19.5 Å². The fraction of sp³-hybridized carbons (Fsp3) is 0.222. The molecule has 0 saturated heterocycles. The standard InChI is InChI=1S/C9H8F3N5/c1-17-3-2-14-7(17)5-4-6(9(10,11)12)16-8(13)15-5/h2-4H,1H3,(H2,13,15,16). The summed E-state index contributed by atoms with van der Waals surface area (Å²) >= 11 is 0. The van der Waals surface area contributed by atoms with Crippen molar-refractivity contribution in [1.29, 1.82) is 0 Å². The first-order chi connectivity index (χ1) is 7.88. The van der Waals surface area contributed by atoms with Gasteiger partial charge in [0.25, 0.3) is 0 Å². The molecule has 0 atom stereocenters. The van der Waals surface area contributed by atoms with Crippen LogP contribution in [0.4, 0.5) is 19.1 Å². The van der Waals surface area contributed by atoms with Crippen LogP contribution < -0.4 is 5.73 Å². The van der Waals surface area contributed by atoms with Crippen molar-refractivity contribution in [3.8, 4) is 11.5 Å². The Labute approximate surface area is 94.1 Å². The lowest BCUT2D eigenvalue weighted by Gasteiger charge is -2.08. The smallest absolute Gasteiger partial charge is 0.368 e. The first-order valence-corrected chi connectivity index (χ1v) is 4.57. The van der Waals surface area contributed by atoms with Crippen molar-refractivity contribution in [3.63, 3.8) is 0 Å². The van der Waals surface area contributed by atoms with Gasteiger partial charge >= 0.3 is 6.18 Å². The van der Waals surface area contributed by atoms with Crippen molar-refractivity contribution in [2.24, 2.45) is 7.05 Å². The molecule has 5 nitrogen and oxygen atoms in total. The lowest BCUT2D eigenvalue weighted by Crippen LogP contribution is -2.11. The van der Waals surface area contributed by atoms with E-state index in [1.807, 2.05) is 0 Å². The highest BCUT2D eigenvalue weighted by Gasteiger charge is 2.33. The Morgan fingerprint density at radius 2 is 2.00 bits per heavy atom. The second-order valence-electron chi connectivity index (χ2n) is 3.36. The number of imidazole rings is 1. The maximum absolute atomic E-state index is 12.5. The van der Waals surface area contributed by atoms with Crippen LogP contribution >= 0.6 is 0 Å². The molecule has 90 valence electrons. The van der Waals surface area contributed by atoms with E-state index in [2.05, 4.69) is 15.0 Å². The highest BCUT2D eigenvalue weighted by atomic mass is 19.4. The predicted molar refractivity (Wildman–Crippen MR) is 53.6 cm³/mol. The van der Waals surface area contributed by atoms with Crippen LogP contribution in [0, 0.1) is 0 Å². The lowest BCUT2D eigenvalue weighted by molar-refractivity contribution is -0.141. The normalized spacial score (nSPS) is 11.8. The van der Waals surface area contributed by atoms with Crippen LogP contribution in [0.25, 0.3) is 11.5 Å². The van der Waals surface area contributed by atoms with E-state index in [1.54, 1.807) is 17.8 Å². The molecule has 0 bridgehead atoms. The lowest BCUT2D eigenvalue weighted by atomic mass is 10.3. The zero-order valence-corrected chi connectivity index (χ0v) is 8.73. The van der Waals surface area contributed by atoms with E-state index in [0.717, 1.165) is 6.07 Å². The largest absolute Gasteiger partial charge is 0.433 e. The molecule has 0 aliphatic carbocycles. The van der Waals surface area contributed by atoms with Crippen LogP contribution in [0.15, 0.2) is 18.5 Å². The molecule has 0 radical (unpaired) electrons. The molecule has 0 unspecified atom stereocenters. The summed E-state index contributed by atoms with van der Waals surface area (Å²) in [6.07, 6.45) is -1.50. The van der Waals surface area contributed by atoms with Gasteiger partial charge in [-0.3, -0.25) is 0 Å². The Bertz CT molecular complexity index is 546. The Morgan fingerprint density at radius 3 is 2.53 bits per heavy atom. The first-order valence-electron chi connectivity index (χ1n) is 4.57. The molecule has 0 fully saturated rings. The van der Waals surface area contributed by atoms with Crippen LogP contribution in [0.3, 0.4) is 0 Å². The zero-order chi connectivity index (χ0) is 12.6. The van der Waals surface area contributed by atoms with E-state index in [4.69, 9.17) is 5.73 Å². The Kier molecular flexibility index (Phi) is 2.49. The van der Waals surface area contributed by atoms with E-state index in [0.29, 0.717) is 5.82 Å². The second-order valence-corrected chi connectivity index (χ2v) is 3.36. The molecular weight excluding hydrogens is 235 g/mol. The molecule has 2 heterocycles. The van der Waals surface area contributed by atoms with Gasteiger partial charge in [-0.05, 0) is 6.07 Å². The summed E-state index contributed by atoms with van der Waals surface area (Å²) in [6.45, 7) is 0. The van der Waals surface area contributed by atoms with Gasteiger partial charge < -0.3 is 10.3 Å². The van der Waals surface area contributed by atoms with Crippen LogP contribution in [0.1, 0.15) is 5.69 Å². The number of rotatable bonds is 1. The molecular formula is C9H8F3N5. The molecule has 2 rings (SSSR count). The minimum absolute atomic E-state index is 0.0392. The van der Waals surface area contributed by atoms with Gasteiger partial charge in [-0.25, -0.2) is 15.0 Å². The number of hydrogen-bond donors (Lipinski definition) is 1. The van der Waals surface area contributed by atoms with Crippen LogP contribution in [-0.2, 0) is 13.2 Å². The van der Waals surface area contributed by atoms with Crippen molar-refractivity contribution < 1.29 is 13.2 Å². The van der Waals surface area contributed by atoms with Gasteiger partial charge in [0.2, 0.25) is 5.95 Å². The fourth-order valence-corrected chi connectivity index (χ4v) is 1.34.